The standard InChI is InChI=1S/C24H30N2O2S/c1-2-13-26(21-10-9-18-6-3-4-7-20(18)17-21)23(27)19-11-14-25(15-12-19)24(28)22-8-5-16-29-22/h3-8,16,19,21H,2,9-15,17H2,1H3. The molecule has 0 bridgehead atoms. The van der Waals surface area contributed by atoms with Crippen LogP contribution in [0.15, 0.2) is 41.8 Å². The van der Waals surface area contributed by atoms with Crippen LogP contribution in [0.4, 0.5) is 0 Å². The van der Waals surface area contributed by atoms with Gasteiger partial charge in [-0.05, 0) is 61.1 Å². The van der Waals surface area contributed by atoms with Crippen molar-refractivity contribution in [3.05, 3.63) is 57.8 Å². The van der Waals surface area contributed by atoms with Crippen LogP contribution in [0.5, 0.6) is 0 Å². The molecule has 1 saturated heterocycles. The molecule has 2 amide bonds. The van der Waals surface area contributed by atoms with Crippen molar-refractivity contribution in [2.24, 2.45) is 5.92 Å². The van der Waals surface area contributed by atoms with Crippen LogP contribution in [0.3, 0.4) is 0 Å². The maximum absolute atomic E-state index is 13.4. The Balaban J connectivity index is 1.39. The second kappa shape index (κ2) is 9.12. The van der Waals surface area contributed by atoms with E-state index in [1.807, 2.05) is 22.4 Å². The molecule has 1 aliphatic heterocycles. The molecule has 1 aromatic carbocycles. The third-order valence-electron chi connectivity index (χ3n) is 6.37. The summed E-state index contributed by atoms with van der Waals surface area (Å²) in [5, 5.41) is 1.94. The third-order valence-corrected chi connectivity index (χ3v) is 7.23. The number of likely N-dealkylation sites (tertiary alicyclic amines) is 1. The Hall–Kier alpha value is -2.14. The highest BCUT2D eigenvalue weighted by atomic mass is 32.1. The minimum atomic E-state index is 0.0473. The van der Waals surface area contributed by atoms with Crippen LogP contribution in [0.2, 0.25) is 0 Å². The molecule has 1 aliphatic carbocycles. The maximum atomic E-state index is 13.4. The lowest BCUT2D eigenvalue weighted by Crippen LogP contribution is -2.49. The molecule has 2 aromatic rings. The molecule has 0 saturated carbocycles. The number of nitrogens with zero attached hydrogens (tertiary/aromatic N) is 2. The normalized spacial score (nSPS) is 19.6. The summed E-state index contributed by atoms with van der Waals surface area (Å²) in [6, 6.07) is 12.8. The van der Waals surface area contributed by atoms with Crippen molar-refractivity contribution in [1.82, 2.24) is 9.80 Å². The van der Waals surface area contributed by atoms with Gasteiger partial charge >= 0.3 is 0 Å². The summed E-state index contributed by atoms with van der Waals surface area (Å²) in [5.74, 6) is 0.464. The van der Waals surface area contributed by atoms with Gasteiger partial charge in [0.2, 0.25) is 5.91 Å². The Bertz CT molecular complexity index is 840. The van der Waals surface area contributed by atoms with Crippen molar-refractivity contribution < 1.29 is 9.59 Å². The highest BCUT2D eigenvalue weighted by Gasteiger charge is 2.34. The SMILES string of the molecule is CCCN(C(=O)C1CCN(C(=O)c2cccs2)CC1)C1CCc2ccccc2C1. The van der Waals surface area contributed by atoms with Crippen molar-refractivity contribution in [2.75, 3.05) is 19.6 Å². The zero-order chi connectivity index (χ0) is 20.2. The van der Waals surface area contributed by atoms with Crippen molar-refractivity contribution >= 4 is 23.2 Å². The van der Waals surface area contributed by atoms with E-state index in [-0.39, 0.29) is 11.8 Å². The van der Waals surface area contributed by atoms with Gasteiger partial charge < -0.3 is 9.80 Å². The quantitative estimate of drug-likeness (QED) is 0.733. The van der Waals surface area contributed by atoms with Crippen molar-refractivity contribution in [2.45, 2.75) is 51.5 Å². The number of hydrogen-bond acceptors (Lipinski definition) is 3. The van der Waals surface area contributed by atoms with E-state index < -0.39 is 0 Å². The first-order chi connectivity index (χ1) is 14.2. The molecule has 4 rings (SSSR count). The first-order valence-electron chi connectivity index (χ1n) is 10.9. The van der Waals surface area contributed by atoms with Crippen LogP contribution in [0.1, 0.15) is 53.4 Å². The number of benzene rings is 1. The fourth-order valence-electron chi connectivity index (χ4n) is 4.78. The van der Waals surface area contributed by atoms with Gasteiger partial charge in [-0.2, -0.15) is 0 Å². The third kappa shape index (κ3) is 4.40. The molecular weight excluding hydrogens is 380 g/mol. The number of amides is 2. The molecule has 154 valence electrons. The maximum Gasteiger partial charge on any atom is 0.263 e. The molecule has 1 fully saturated rings. The van der Waals surface area contributed by atoms with E-state index in [0.29, 0.717) is 25.0 Å². The largest absolute Gasteiger partial charge is 0.339 e. The number of aryl methyl sites for hydroxylation is 1. The molecule has 1 atom stereocenters. The molecule has 0 radical (unpaired) electrons. The van der Waals surface area contributed by atoms with Gasteiger partial charge in [-0.25, -0.2) is 0 Å². The topological polar surface area (TPSA) is 40.6 Å². The van der Waals surface area contributed by atoms with Gasteiger partial charge in [-0.15, -0.1) is 11.3 Å². The Morgan fingerprint density at radius 2 is 1.83 bits per heavy atom. The van der Waals surface area contributed by atoms with E-state index in [1.165, 1.54) is 22.5 Å². The monoisotopic (exact) mass is 410 g/mol. The Morgan fingerprint density at radius 3 is 2.52 bits per heavy atom. The lowest BCUT2D eigenvalue weighted by atomic mass is 9.86. The van der Waals surface area contributed by atoms with E-state index in [2.05, 4.69) is 36.1 Å². The molecule has 1 aromatic heterocycles. The first kappa shape index (κ1) is 20.1. The number of fused-ring (bicyclic) bond motifs is 1. The lowest BCUT2D eigenvalue weighted by molar-refractivity contribution is -0.139. The van der Waals surface area contributed by atoms with Crippen molar-refractivity contribution in [1.29, 1.82) is 0 Å². The summed E-state index contributed by atoms with van der Waals surface area (Å²) in [7, 11) is 0. The summed E-state index contributed by atoms with van der Waals surface area (Å²) in [6.45, 7) is 4.35. The van der Waals surface area contributed by atoms with Gasteiger partial charge in [0, 0.05) is 31.6 Å². The summed E-state index contributed by atoms with van der Waals surface area (Å²) in [4.78, 5) is 30.9. The van der Waals surface area contributed by atoms with E-state index in [9.17, 15) is 9.59 Å². The molecule has 5 heteroatoms. The lowest BCUT2D eigenvalue weighted by Gasteiger charge is -2.39. The van der Waals surface area contributed by atoms with Crippen LogP contribution < -0.4 is 0 Å². The predicted molar refractivity (Wildman–Crippen MR) is 117 cm³/mol. The van der Waals surface area contributed by atoms with Crippen molar-refractivity contribution in [3.63, 3.8) is 0 Å². The summed E-state index contributed by atoms with van der Waals surface area (Å²) >= 11 is 1.49. The number of thiophene rings is 1. The van der Waals surface area contributed by atoms with E-state index in [4.69, 9.17) is 0 Å². The number of rotatable bonds is 5. The van der Waals surface area contributed by atoms with Gasteiger partial charge in [-0.3, -0.25) is 9.59 Å². The Labute approximate surface area is 177 Å². The van der Waals surface area contributed by atoms with E-state index in [0.717, 1.165) is 49.9 Å². The van der Waals surface area contributed by atoms with Crippen LogP contribution in [0.25, 0.3) is 0 Å². The molecule has 4 nitrogen and oxygen atoms in total. The fourth-order valence-corrected chi connectivity index (χ4v) is 5.47. The number of piperidine rings is 1. The number of hydrogen-bond donors (Lipinski definition) is 0. The zero-order valence-electron chi connectivity index (χ0n) is 17.2. The molecule has 2 aliphatic rings. The van der Waals surface area contributed by atoms with Gasteiger partial charge in [0.25, 0.3) is 5.91 Å². The van der Waals surface area contributed by atoms with Crippen LogP contribution >= 0.6 is 11.3 Å². The minimum Gasteiger partial charge on any atom is -0.339 e. The minimum absolute atomic E-state index is 0.0473. The average molecular weight is 411 g/mol. The molecule has 1 unspecified atom stereocenters. The van der Waals surface area contributed by atoms with Crippen molar-refractivity contribution in [3.8, 4) is 0 Å². The molecular formula is C24H30N2O2S. The highest BCUT2D eigenvalue weighted by molar-refractivity contribution is 7.12. The summed E-state index contributed by atoms with van der Waals surface area (Å²) < 4.78 is 0. The smallest absolute Gasteiger partial charge is 0.263 e. The van der Waals surface area contributed by atoms with Gasteiger partial charge in [0.1, 0.15) is 0 Å². The van der Waals surface area contributed by atoms with Gasteiger partial charge in [0.05, 0.1) is 4.88 Å². The van der Waals surface area contributed by atoms with E-state index in [1.54, 1.807) is 0 Å². The van der Waals surface area contributed by atoms with Crippen LogP contribution in [-0.4, -0.2) is 47.3 Å². The first-order valence-corrected chi connectivity index (χ1v) is 11.8. The highest BCUT2D eigenvalue weighted by Crippen LogP contribution is 2.28. The summed E-state index contributed by atoms with van der Waals surface area (Å²) in [5.41, 5.74) is 2.84. The Kier molecular flexibility index (Phi) is 6.34. The van der Waals surface area contributed by atoms with Gasteiger partial charge in [0.15, 0.2) is 0 Å². The zero-order valence-corrected chi connectivity index (χ0v) is 18.0. The number of carbonyl (C=O) groups excluding carboxylic acids is 2. The van der Waals surface area contributed by atoms with E-state index >= 15 is 0 Å². The second-order valence-corrected chi connectivity index (χ2v) is 9.19. The average Bonchev–Trinajstić information content (AvgIpc) is 3.31. The predicted octanol–water partition coefficient (Wildman–Crippen LogP) is 4.40. The summed E-state index contributed by atoms with van der Waals surface area (Å²) in [6.07, 6.45) is 5.62. The van der Waals surface area contributed by atoms with Crippen LogP contribution in [0, 0.1) is 5.92 Å². The molecule has 0 spiro atoms. The van der Waals surface area contributed by atoms with Gasteiger partial charge in [-0.1, -0.05) is 37.3 Å². The molecule has 0 N–H and O–H groups in total. The molecule has 29 heavy (non-hydrogen) atoms. The number of carbonyl (C=O) groups is 2. The fraction of sp³-hybridized carbons (Fsp3) is 0.500. The second-order valence-electron chi connectivity index (χ2n) is 8.24. The molecule has 2 heterocycles. The van der Waals surface area contributed by atoms with Crippen LogP contribution in [-0.2, 0) is 17.6 Å². The Morgan fingerprint density at radius 1 is 1.07 bits per heavy atom.